The first-order valence-electron chi connectivity index (χ1n) is 7.63. The van der Waals surface area contributed by atoms with E-state index < -0.39 is 0 Å². The molecule has 0 aliphatic carbocycles. The Morgan fingerprint density at radius 2 is 1.75 bits per heavy atom. The Hall–Kier alpha value is -0.460. The molecule has 3 aliphatic rings. The Morgan fingerprint density at radius 3 is 2.45 bits per heavy atom. The topological polar surface area (TPSA) is 36.0 Å². The number of ether oxygens (including phenoxy) is 1. The number of nitrogens with zero attached hydrogens (tertiary/aromatic N) is 3. The second-order valence-corrected chi connectivity index (χ2v) is 7.36. The molecular formula is C14H25N3O2S. The lowest BCUT2D eigenvalue weighted by Gasteiger charge is -2.47. The SMILES string of the molecule is CN1CCC2(CC1)CN(C(=O)N1CCSCC1)CCO2. The van der Waals surface area contributed by atoms with Gasteiger partial charge in [-0.3, -0.25) is 0 Å². The molecule has 2 amide bonds. The molecule has 3 rings (SSSR count). The zero-order chi connectivity index (χ0) is 14.0. The molecular weight excluding hydrogens is 274 g/mol. The summed E-state index contributed by atoms with van der Waals surface area (Å²) in [6.07, 6.45) is 2.09. The number of hydrogen-bond donors (Lipinski definition) is 0. The highest BCUT2D eigenvalue weighted by molar-refractivity contribution is 7.99. The summed E-state index contributed by atoms with van der Waals surface area (Å²) in [6.45, 7) is 6.17. The van der Waals surface area contributed by atoms with E-state index >= 15 is 0 Å². The van der Waals surface area contributed by atoms with Gasteiger partial charge in [0.05, 0.1) is 18.8 Å². The number of thioether (sulfide) groups is 1. The van der Waals surface area contributed by atoms with Crippen molar-refractivity contribution in [1.82, 2.24) is 14.7 Å². The Labute approximate surface area is 125 Å². The van der Waals surface area contributed by atoms with Crippen LogP contribution in [0.4, 0.5) is 4.79 Å². The van der Waals surface area contributed by atoms with Gasteiger partial charge >= 0.3 is 6.03 Å². The number of urea groups is 1. The normalized spacial score (nSPS) is 27.9. The molecule has 3 aliphatic heterocycles. The van der Waals surface area contributed by atoms with E-state index in [9.17, 15) is 4.79 Å². The van der Waals surface area contributed by atoms with E-state index in [4.69, 9.17) is 4.74 Å². The molecule has 0 aromatic heterocycles. The lowest BCUT2D eigenvalue weighted by atomic mass is 9.89. The molecule has 0 aromatic carbocycles. The zero-order valence-electron chi connectivity index (χ0n) is 12.3. The summed E-state index contributed by atoms with van der Waals surface area (Å²) >= 11 is 1.94. The molecule has 3 fully saturated rings. The Kier molecular flexibility index (Phi) is 4.43. The minimum absolute atomic E-state index is 0.0784. The largest absolute Gasteiger partial charge is 0.371 e. The summed E-state index contributed by atoms with van der Waals surface area (Å²) in [4.78, 5) is 19.0. The minimum atomic E-state index is -0.0784. The second kappa shape index (κ2) is 6.12. The van der Waals surface area contributed by atoms with Crippen molar-refractivity contribution in [1.29, 1.82) is 0 Å². The van der Waals surface area contributed by atoms with Gasteiger partial charge in [0, 0.05) is 44.2 Å². The maximum absolute atomic E-state index is 12.6. The van der Waals surface area contributed by atoms with Gasteiger partial charge in [0.25, 0.3) is 0 Å². The number of likely N-dealkylation sites (tertiary alicyclic amines) is 1. The second-order valence-electron chi connectivity index (χ2n) is 6.14. The number of morpholine rings is 1. The fourth-order valence-corrected chi connectivity index (χ4v) is 4.19. The quantitative estimate of drug-likeness (QED) is 0.667. The maximum Gasteiger partial charge on any atom is 0.320 e. The van der Waals surface area contributed by atoms with Gasteiger partial charge in [-0.25, -0.2) is 4.79 Å². The Bertz CT molecular complexity index is 352. The number of piperidine rings is 1. The van der Waals surface area contributed by atoms with Crippen molar-refractivity contribution in [2.24, 2.45) is 0 Å². The first-order chi connectivity index (χ1) is 9.69. The van der Waals surface area contributed by atoms with E-state index in [0.29, 0.717) is 6.61 Å². The minimum Gasteiger partial charge on any atom is -0.371 e. The third kappa shape index (κ3) is 3.07. The monoisotopic (exact) mass is 299 g/mol. The van der Waals surface area contributed by atoms with Crippen LogP contribution in [0.1, 0.15) is 12.8 Å². The summed E-state index contributed by atoms with van der Waals surface area (Å²) in [7, 11) is 2.16. The number of rotatable bonds is 0. The molecule has 5 nitrogen and oxygen atoms in total. The van der Waals surface area contributed by atoms with E-state index in [2.05, 4.69) is 11.9 Å². The standard InChI is InChI=1S/C14H25N3O2S/c1-15-4-2-14(3-5-15)12-17(6-9-19-14)13(18)16-7-10-20-11-8-16/h2-12H2,1H3. The summed E-state index contributed by atoms with van der Waals surface area (Å²) in [5, 5.41) is 0. The molecule has 1 spiro atoms. The molecule has 0 N–H and O–H groups in total. The summed E-state index contributed by atoms with van der Waals surface area (Å²) in [5.41, 5.74) is -0.0784. The molecule has 3 heterocycles. The maximum atomic E-state index is 12.6. The van der Waals surface area contributed by atoms with Crippen LogP contribution in [0.15, 0.2) is 0 Å². The van der Waals surface area contributed by atoms with E-state index in [-0.39, 0.29) is 11.6 Å². The molecule has 20 heavy (non-hydrogen) atoms. The van der Waals surface area contributed by atoms with Crippen molar-refractivity contribution >= 4 is 17.8 Å². The third-order valence-electron chi connectivity index (χ3n) is 4.70. The van der Waals surface area contributed by atoms with Crippen molar-refractivity contribution in [3.05, 3.63) is 0 Å². The van der Waals surface area contributed by atoms with E-state index in [1.54, 1.807) is 0 Å². The van der Waals surface area contributed by atoms with Gasteiger partial charge in [0.15, 0.2) is 0 Å². The van der Waals surface area contributed by atoms with Gasteiger partial charge in [-0.05, 0) is 19.9 Å². The fraction of sp³-hybridized carbons (Fsp3) is 0.929. The van der Waals surface area contributed by atoms with Crippen molar-refractivity contribution in [2.45, 2.75) is 18.4 Å². The fourth-order valence-electron chi connectivity index (χ4n) is 3.29. The average Bonchev–Trinajstić information content (AvgIpc) is 2.51. The lowest BCUT2D eigenvalue weighted by molar-refractivity contribution is -0.125. The molecule has 0 atom stereocenters. The third-order valence-corrected chi connectivity index (χ3v) is 5.64. The van der Waals surface area contributed by atoms with Crippen LogP contribution in [0.3, 0.4) is 0 Å². The molecule has 0 aromatic rings. The number of amides is 2. The lowest BCUT2D eigenvalue weighted by Crippen LogP contribution is -2.60. The zero-order valence-corrected chi connectivity index (χ0v) is 13.2. The number of carbonyl (C=O) groups is 1. The van der Waals surface area contributed by atoms with Crippen LogP contribution in [0.25, 0.3) is 0 Å². The summed E-state index contributed by atoms with van der Waals surface area (Å²) < 4.78 is 6.08. The van der Waals surface area contributed by atoms with E-state index in [0.717, 1.165) is 63.6 Å². The molecule has 6 heteroatoms. The van der Waals surface area contributed by atoms with Gasteiger partial charge < -0.3 is 19.4 Å². The van der Waals surface area contributed by atoms with Crippen molar-refractivity contribution < 1.29 is 9.53 Å². The van der Waals surface area contributed by atoms with Crippen LogP contribution >= 0.6 is 11.8 Å². The molecule has 3 saturated heterocycles. The van der Waals surface area contributed by atoms with E-state index in [1.165, 1.54) is 0 Å². The molecule has 0 bridgehead atoms. The first kappa shape index (κ1) is 14.5. The van der Waals surface area contributed by atoms with Crippen LogP contribution < -0.4 is 0 Å². The predicted octanol–water partition coefficient (Wildman–Crippen LogP) is 0.952. The Morgan fingerprint density at radius 1 is 1.05 bits per heavy atom. The highest BCUT2D eigenvalue weighted by Crippen LogP contribution is 2.30. The molecule has 0 radical (unpaired) electrons. The highest BCUT2D eigenvalue weighted by Gasteiger charge is 2.41. The molecule has 114 valence electrons. The predicted molar refractivity (Wildman–Crippen MR) is 81.3 cm³/mol. The highest BCUT2D eigenvalue weighted by atomic mass is 32.2. The summed E-state index contributed by atoms with van der Waals surface area (Å²) in [5.74, 6) is 2.15. The van der Waals surface area contributed by atoms with E-state index in [1.807, 2.05) is 21.6 Å². The van der Waals surface area contributed by atoms with Crippen LogP contribution in [0, 0.1) is 0 Å². The van der Waals surface area contributed by atoms with Gasteiger partial charge in [0.1, 0.15) is 0 Å². The average molecular weight is 299 g/mol. The van der Waals surface area contributed by atoms with Crippen molar-refractivity contribution in [2.75, 3.05) is 64.4 Å². The van der Waals surface area contributed by atoms with Gasteiger partial charge in [-0.1, -0.05) is 0 Å². The van der Waals surface area contributed by atoms with Crippen LogP contribution in [0.2, 0.25) is 0 Å². The molecule has 0 unspecified atom stereocenters. The smallest absolute Gasteiger partial charge is 0.320 e. The Balaban J connectivity index is 1.61. The van der Waals surface area contributed by atoms with Crippen LogP contribution in [0.5, 0.6) is 0 Å². The van der Waals surface area contributed by atoms with Crippen LogP contribution in [-0.4, -0.2) is 90.8 Å². The van der Waals surface area contributed by atoms with Gasteiger partial charge in [0.2, 0.25) is 0 Å². The molecule has 0 saturated carbocycles. The number of carbonyl (C=O) groups excluding carboxylic acids is 1. The van der Waals surface area contributed by atoms with Crippen LogP contribution in [-0.2, 0) is 4.74 Å². The summed E-state index contributed by atoms with van der Waals surface area (Å²) in [6, 6.07) is 0.229. The van der Waals surface area contributed by atoms with Crippen molar-refractivity contribution in [3.8, 4) is 0 Å². The van der Waals surface area contributed by atoms with Crippen molar-refractivity contribution in [3.63, 3.8) is 0 Å². The number of hydrogen-bond acceptors (Lipinski definition) is 4. The van der Waals surface area contributed by atoms with Gasteiger partial charge in [-0.2, -0.15) is 11.8 Å². The van der Waals surface area contributed by atoms with Gasteiger partial charge in [-0.15, -0.1) is 0 Å². The first-order valence-corrected chi connectivity index (χ1v) is 8.78.